The number of anilines is 2. The first kappa shape index (κ1) is 11.1. The van der Waals surface area contributed by atoms with Gasteiger partial charge in [0.2, 0.25) is 0 Å². The van der Waals surface area contributed by atoms with Crippen LogP contribution in [-0.2, 0) is 0 Å². The zero-order valence-corrected chi connectivity index (χ0v) is 10.1. The predicted molar refractivity (Wildman–Crippen MR) is 68.1 cm³/mol. The van der Waals surface area contributed by atoms with E-state index in [9.17, 15) is 0 Å². The van der Waals surface area contributed by atoms with Crippen molar-refractivity contribution in [3.05, 3.63) is 18.2 Å². The normalized spacial score (nSPS) is 20.1. The monoisotopic (exact) mass is 220 g/mol. The van der Waals surface area contributed by atoms with Gasteiger partial charge in [-0.3, -0.25) is 0 Å². The van der Waals surface area contributed by atoms with Crippen LogP contribution >= 0.6 is 0 Å². The molecule has 0 saturated carbocycles. The first-order valence-electron chi connectivity index (χ1n) is 5.95. The molecule has 3 nitrogen and oxygen atoms in total. The number of nitrogens with zero attached hydrogens (tertiary/aromatic N) is 1. The van der Waals surface area contributed by atoms with Crippen LogP contribution in [0.15, 0.2) is 18.2 Å². The highest BCUT2D eigenvalue weighted by molar-refractivity contribution is 5.61. The number of nitrogens with two attached hydrogens (primary N) is 1. The van der Waals surface area contributed by atoms with Crippen LogP contribution in [0.4, 0.5) is 11.4 Å². The lowest BCUT2D eigenvalue weighted by molar-refractivity contribution is 0.415. The van der Waals surface area contributed by atoms with Crippen molar-refractivity contribution >= 4 is 11.4 Å². The van der Waals surface area contributed by atoms with Gasteiger partial charge in [-0.1, -0.05) is 6.92 Å². The highest BCUT2D eigenvalue weighted by atomic mass is 16.5. The van der Waals surface area contributed by atoms with E-state index in [2.05, 4.69) is 17.9 Å². The minimum atomic E-state index is 0.659. The van der Waals surface area contributed by atoms with Crippen LogP contribution in [0.3, 0.4) is 0 Å². The Morgan fingerprint density at radius 3 is 2.94 bits per heavy atom. The minimum absolute atomic E-state index is 0.659. The fourth-order valence-electron chi connectivity index (χ4n) is 2.49. The van der Waals surface area contributed by atoms with Gasteiger partial charge < -0.3 is 15.4 Å². The second-order valence-electron chi connectivity index (χ2n) is 4.36. The average Bonchev–Trinajstić information content (AvgIpc) is 2.76. The van der Waals surface area contributed by atoms with Crippen molar-refractivity contribution in [1.29, 1.82) is 0 Å². The van der Waals surface area contributed by atoms with Gasteiger partial charge >= 0.3 is 0 Å². The molecule has 0 aliphatic carbocycles. The number of nitrogen functional groups attached to an aromatic ring is 1. The molecule has 0 amide bonds. The summed E-state index contributed by atoms with van der Waals surface area (Å²) < 4.78 is 5.26. The van der Waals surface area contributed by atoms with Gasteiger partial charge in [-0.05, 0) is 25.3 Å². The molecule has 1 aromatic rings. The molecule has 2 N–H and O–H groups in total. The van der Waals surface area contributed by atoms with Crippen molar-refractivity contribution in [1.82, 2.24) is 0 Å². The standard InChI is InChI=1S/C13H20N2O/c1-3-11-5-4-6-15(11)12-7-10(14)8-13(9-12)16-2/h7-9,11H,3-6,14H2,1-2H3. The van der Waals surface area contributed by atoms with Crippen LogP contribution in [0.25, 0.3) is 0 Å². The molecule has 1 fully saturated rings. The van der Waals surface area contributed by atoms with Crippen LogP contribution in [-0.4, -0.2) is 19.7 Å². The molecule has 0 aromatic heterocycles. The third-order valence-corrected chi connectivity index (χ3v) is 3.33. The number of hydrogen-bond acceptors (Lipinski definition) is 3. The Labute approximate surface area is 97.2 Å². The molecule has 1 aliphatic heterocycles. The maximum absolute atomic E-state index is 5.88. The summed E-state index contributed by atoms with van der Waals surface area (Å²) in [5, 5.41) is 0. The SMILES string of the molecule is CCC1CCCN1c1cc(N)cc(OC)c1. The summed E-state index contributed by atoms with van der Waals surface area (Å²) in [6, 6.07) is 6.63. The van der Waals surface area contributed by atoms with E-state index in [0.29, 0.717) is 6.04 Å². The Bertz CT molecular complexity index is 365. The molecule has 0 bridgehead atoms. The average molecular weight is 220 g/mol. The molecule has 0 spiro atoms. The summed E-state index contributed by atoms with van der Waals surface area (Å²) in [7, 11) is 1.68. The molecule has 16 heavy (non-hydrogen) atoms. The largest absolute Gasteiger partial charge is 0.497 e. The summed E-state index contributed by atoms with van der Waals surface area (Å²) in [5.41, 5.74) is 7.85. The minimum Gasteiger partial charge on any atom is -0.497 e. The molecule has 1 atom stereocenters. The highest BCUT2D eigenvalue weighted by Gasteiger charge is 2.23. The molecule has 88 valence electrons. The quantitative estimate of drug-likeness (QED) is 0.796. The van der Waals surface area contributed by atoms with Crippen LogP contribution in [0.1, 0.15) is 26.2 Å². The van der Waals surface area contributed by atoms with E-state index in [4.69, 9.17) is 10.5 Å². The fourth-order valence-corrected chi connectivity index (χ4v) is 2.49. The number of hydrogen-bond donors (Lipinski definition) is 1. The fraction of sp³-hybridized carbons (Fsp3) is 0.538. The molecule has 0 radical (unpaired) electrons. The van der Waals surface area contributed by atoms with Crippen molar-refractivity contribution in [3.8, 4) is 5.75 Å². The van der Waals surface area contributed by atoms with Gasteiger partial charge in [-0.25, -0.2) is 0 Å². The summed E-state index contributed by atoms with van der Waals surface area (Å²) >= 11 is 0. The predicted octanol–water partition coefficient (Wildman–Crippen LogP) is 2.66. The first-order valence-corrected chi connectivity index (χ1v) is 5.95. The van der Waals surface area contributed by atoms with Crippen LogP contribution < -0.4 is 15.4 Å². The van der Waals surface area contributed by atoms with E-state index in [1.165, 1.54) is 24.9 Å². The molecule has 3 heteroatoms. The summed E-state index contributed by atoms with van der Waals surface area (Å²) in [5.74, 6) is 0.844. The zero-order chi connectivity index (χ0) is 11.5. The van der Waals surface area contributed by atoms with Crippen molar-refractivity contribution in [2.24, 2.45) is 0 Å². The van der Waals surface area contributed by atoms with E-state index in [-0.39, 0.29) is 0 Å². The van der Waals surface area contributed by atoms with Crippen LogP contribution in [0, 0.1) is 0 Å². The first-order chi connectivity index (χ1) is 7.74. The zero-order valence-electron chi connectivity index (χ0n) is 10.1. The summed E-state index contributed by atoms with van der Waals surface area (Å²) in [4.78, 5) is 2.44. The van der Waals surface area contributed by atoms with Gasteiger partial charge in [-0.2, -0.15) is 0 Å². The maximum Gasteiger partial charge on any atom is 0.122 e. The van der Waals surface area contributed by atoms with E-state index >= 15 is 0 Å². The van der Waals surface area contributed by atoms with E-state index in [1.807, 2.05) is 12.1 Å². The highest BCUT2D eigenvalue weighted by Crippen LogP contribution is 2.31. The Morgan fingerprint density at radius 2 is 2.25 bits per heavy atom. The van der Waals surface area contributed by atoms with Crippen LogP contribution in [0.5, 0.6) is 5.75 Å². The van der Waals surface area contributed by atoms with Crippen molar-refractivity contribution in [2.75, 3.05) is 24.3 Å². The van der Waals surface area contributed by atoms with Gasteiger partial charge in [0.05, 0.1) is 7.11 Å². The molecule has 1 aliphatic rings. The van der Waals surface area contributed by atoms with Crippen molar-refractivity contribution < 1.29 is 4.74 Å². The van der Waals surface area contributed by atoms with E-state index in [0.717, 1.165) is 18.0 Å². The third kappa shape index (κ3) is 2.08. The van der Waals surface area contributed by atoms with E-state index < -0.39 is 0 Å². The second-order valence-corrected chi connectivity index (χ2v) is 4.36. The Balaban J connectivity index is 2.28. The van der Waals surface area contributed by atoms with Gasteiger partial charge in [0.15, 0.2) is 0 Å². The smallest absolute Gasteiger partial charge is 0.122 e. The molecular weight excluding hydrogens is 200 g/mol. The molecule has 2 rings (SSSR count). The maximum atomic E-state index is 5.88. The Kier molecular flexibility index (Phi) is 3.22. The summed E-state index contributed by atoms with van der Waals surface area (Å²) in [6.45, 7) is 3.37. The number of rotatable bonds is 3. The number of benzene rings is 1. The number of ether oxygens (including phenoxy) is 1. The summed E-state index contributed by atoms with van der Waals surface area (Å²) in [6.07, 6.45) is 3.75. The van der Waals surface area contributed by atoms with E-state index in [1.54, 1.807) is 7.11 Å². The van der Waals surface area contributed by atoms with Gasteiger partial charge in [0.1, 0.15) is 5.75 Å². The third-order valence-electron chi connectivity index (χ3n) is 3.33. The van der Waals surface area contributed by atoms with Crippen molar-refractivity contribution in [3.63, 3.8) is 0 Å². The Hall–Kier alpha value is -1.38. The van der Waals surface area contributed by atoms with Gasteiger partial charge in [0, 0.05) is 36.1 Å². The van der Waals surface area contributed by atoms with Crippen LogP contribution in [0.2, 0.25) is 0 Å². The Morgan fingerprint density at radius 1 is 1.44 bits per heavy atom. The van der Waals surface area contributed by atoms with Gasteiger partial charge in [0.25, 0.3) is 0 Å². The molecule has 1 heterocycles. The molecule has 1 saturated heterocycles. The molecule has 1 aromatic carbocycles. The molecular formula is C13H20N2O. The lowest BCUT2D eigenvalue weighted by Crippen LogP contribution is -2.28. The lowest BCUT2D eigenvalue weighted by atomic mass is 10.1. The number of methoxy groups -OCH3 is 1. The topological polar surface area (TPSA) is 38.5 Å². The van der Waals surface area contributed by atoms with Crippen molar-refractivity contribution in [2.45, 2.75) is 32.2 Å². The molecule has 1 unspecified atom stereocenters. The van der Waals surface area contributed by atoms with Gasteiger partial charge in [-0.15, -0.1) is 0 Å². The lowest BCUT2D eigenvalue weighted by Gasteiger charge is -2.26. The second kappa shape index (κ2) is 4.64.